The molecule has 0 radical (unpaired) electrons. The molecule has 0 fully saturated rings. The largest absolute Gasteiger partial charge is 0.465 e. The molecule has 3 rings (SSSR count). The van der Waals surface area contributed by atoms with Crippen molar-refractivity contribution in [2.24, 2.45) is 7.05 Å². The van der Waals surface area contributed by atoms with Gasteiger partial charge < -0.3 is 9.67 Å². The van der Waals surface area contributed by atoms with Gasteiger partial charge in [-0.2, -0.15) is 0 Å². The molecule has 1 aromatic heterocycles. The van der Waals surface area contributed by atoms with Crippen molar-refractivity contribution in [1.82, 2.24) is 9.47 Å². The number of aryl methyl sites for hydroxylation is 1. The van der Waals surface area contributed by atoms with Crippen molar-refractivity contribution >= 4 is 32.9 Å². The molecule has 0 bridgehead atoms. The SMILES string of the molecule is Cn1c2c(c3ccc(Br)cc31)CCN(C(=O)O)C2(C)C. The topological polar surface area (TPSA) is 45.5 Å². The van der Waals surface area contributed by atoms with Crippen LogP contribution in [0.15, 0.2) is 22.7 Å². The monoisotopic (exact) mass is 336 g/mol. The summed E-state index contributed by atoms with van der Waals surface area (Å²) >= 11 is 3.51. The zero-order valence-electron chi connectivity index (χ0n) is 11.8. The lowest BCUT2D eigenvalue weighted by Crippen LogP contribution is -2.50. The first-order chi connectivity index (χ1) is 9.34. The Labute approximate surface area is 126 Å². The lowest BCUT2D eigenvalue weighted by Gasteiger charge is -2.41. The van der Waals surface area contributed by atoms with Gasteiger partial charge >= 0.3 is 6.09 Å². The van der Waals surface area contributed by atoms with Crippen LogP contribution < -0.4 is 0 Å². The van der Waals surface area contributed by atoms with E-state index in [4.69, 9.17) is 0 Å². The third kappa shape index (κ3) is 1.69. The van der Waals surface area contributed by atoms with Crippen LogP contribution in [0.5, 0.6) is 0 Å². The summed E-state index contributed by atoms with van der Waals surface area (Å²) in [5.74, 6) is 0. The van der Waals surface area contributed by atoms with Gasteiger partial charge in [0, 0.05) is 34.7 Å². The molecule has 1 aliphatic rings. The number of nitrogens with zero attached hydrogens (tertiary/aromatic N) is 2. The van der Waals surface area contributed by atoms with Gasteiger partial charge in [-0.3, -0.25) is 4.90 Å². The van der Waals surface area contributed by atoms with Gasteiger partial charge in [-0.15, -0.1) is 0 Å². The molecule has 2 aromatic rings. The van der Waals surface area contributed by atoms with Gasteiger partial charge in [-0.25, -0.2) is 4.79 Å². The van der Waals surface area contributed by atoms with E-state index in [1.165, 1.54) is 15.8 Å². The minimum Gasteiger partial charge on any atom is -0.465 e. The Bertz CT molecular complexity index is 718. The van der Waals surface area contributed by atoms with Gasteiger partial charge in [-0.1, -0.05) is 22.0 Å². The summed E-state index contributed by atoms with van der Waals surface area (Å²) in [7, 11) is 2.01. The molecule has 1 aromatic carbocycles. The lowest BCUT2D eigenvalue weighted by molar-refractivity contribution is 0.0817. The van der Waals surface area contributed by atoms with E-state index >= 15 is 0 Å². The van der Waals surface area contributed by atoms with Crippen molar-refractivity contribution in [3.63, 3.8) is 0 Å². The minimum atomic E-state index is -0.855. The molecule has 5 heteroatoms. The van der Waals surface area contributed by atoms with Gasteiger partial charge in [-0.05, 0) is 38.0 Å². The minimum absolute atomic E-state index is 0.514. The Morgan fingerprint density at radius 3 is 2.75 bits per heavy atom. The van der Waals surface area contributed by atoms with Crippen molar-refractivity contribution < 1.29 is 9.90 Å². The fourth-order valence-electron chi connectivity index (χ4n) is 3.49. The van der Waals surface area contributed by atoms with Crippen LogP contribution in [0.3, 0.4) is 0 Å². The predicted octanol–water partition coefficient (Wildman–Crippen LogP) is 3.71. The number of aromatic nitrogens is 1. The Morgan fingerprint density at radius 2 is 2.10 bits per heavy atom. The molecule has 20 heavy (non-hydrogen) atoms. The van der Waals surface area contributed by atoms with Crippen LogP contribution in [0.4, 0.5) is 4.79 Å². The molecule has 0 atom stereocenters. The molecule has 1 amide bonds. The summed E-state index contributed by atoms with van der Waals surface area (Å²) < 4.78 is 3.17. The number of halogens is 1. The average Bonchev–Trinajstić information content (AvgIpc) is 2.63. The standard InChI is InChI=1S/C15H17BrN2O2/c1-15(2)13-11(6-7-18(15)14(19)20)10-5-4-9(16)8-12(10)17(13)3/h4-5,8H,6-7H2,1-3H3,(H,19,20). The Hall–Kier alpha value is -1.49. The molecule has 0 spiro atoms. The maximum Gasteiger partial charge on any atom is 0.408 e. The zero-order chi connectivity index (χ0) is 14.7. The van der Waals surface area contributed by atoms with E-state index in [1.807, 2.05) is 27.0 Å². The molecule has 0 unspecified atom stereocenters. The van der Waals surface area contributed by atoms with Gasteiger partial charge in [0.05, 0.1) is 5.54 Å². The van der Waals surface area contributed by atoms with Crippen LogP contribution in [-0.4, -0.2) is 27.2 Å². The third-order valence-electron chi connectivity index (χ3n) is 4.34. The Kier molecular flexibility index (Phi) is 2.87. The molecule has 4 nitrogen and oxygen atoms in total. The molecule has 2 heterocycles. The summed E-state index contributed by atoms with van der Waals surface area (Å²) in [6, 6.07) is 6.25. The highest BCUT2D eigenvalue weighted by molar-refractivity contribution is 9.10. The summed E-state index contributed by atoms with van der Waals surface area (Å²) in [4.78, 5) is 13.0. The first-order valence-electron chi connectivity index (χ1n) is 6.62. The Morgan fingerprint density at radius 1 is 1.40 bits per heavy atom. The van der Waals surface area contributed by atoms with E-state index < -0.39 is 11.6 Å². The van der Waals surface area contributed by atoms with E-state index in [1.54, 1.807) is 0 Å². The normalized spacial score (nSPS) is 17.3. The number of amides is 1. The summed E-state index contributed by atoms with van der Waals surface area (Å²) in [6.45, 7) is 4.50. The lowest BCUT2D eigenvalue weighted by atomic mass is 9.88. The molecule has 106 valence electrons. The quantitative estimate of drug-likeness (QED) is 0.796. The first-order valence-corrected chi connectivity index (χ1v) is 7.41. The van der Waals surface area contributed by atoms with Gasteiger partial charge in [0.15, 0.2) is 0 Å². The van der Waals surface area contributed by atoms with E-state index in [0.717, 1.165) is 22.1 Å². The number of fused-ring (bicyclic) bond motifs is 3. The average molecular weight is 337 g/mol. The van der Waals surface area contributed by atoms with E-state index in [-0.39, 0.29) is 0 Å². The first kappa shape index (κ1) is 13.5. The van der Waals surface area contributed by atoms with E-state index in [9.17, 15) is 9.90 Å². The van der Waals surface area contributed by atoms with Crippen molar-refractivity contribution in [3.05, 3.63) is 33.9 Å². The van der Waals surface area contributed by atoms with E-state index in [0.29, 0.717) is 6.54 Å². The summed E-state index contributed by atoms with van der Waals surface area (Å²) in [5.41, 5.74) is 3.00. The predicted molar refractivity (Wildman–Crippen MR) is 82.1 cm³/mol. The number of hydrogen-bond donors (Lipinski definition) is 1. The fraction of sp³-hybridized carbons (Fsp3) is 0.400. The molecule has 1 aliphatic heterocycles. The summed E-state index contributed by atoms with van der Waals surface area (Å²) in [6.07, 6.45) is -0.0867. The zero-order valence-corrected chi connectivity index (χ0v) is 13.4. The van der Waals surface area contributed by atoms with Crippen molar-refractivity contribution in [2.75, 3.05) is 6.54 Å². The van der Waals surface area contributed by atoms with Gasteiger partial charge in [0.25, 0.3) is 0 Å². The maximum absolute atomic E-state index is 11.5. The molecule has 0 saturated heterocycles. The van der Waals surface area contributed by atoms with Crippen molar-refractivity contribution in [2.45, 2.75) is 25.8 Å². The highest BCUT2D eigenvalue weighted by atomic mass is 79.9. The number of hydrogen-bond acceptors (Lipinski definition) is 1. The highest BCUT2D eigenvalue weighted by Gasteiger charge is 2.40. The highest BCUT2D eigenvalue weighted by Crippen LogP contribution is 2.40. The van der Waals surface area contributed by atoms with Crippen molar-refractivity contribution in [3.8, 4) is 0 Å². The number of carbonyl (C=O) groups is 1. The molecule has 0 saturated carbocycles. The second kappa shape index (κ2) is 4.25. The maximum atomic E-state index is 11.5. The number of carboxylic acid groups (broad SMARTS) is 1. The molecular weight excluding hydrogens is 320 g/mol. The van der Waals surface area contributed by atoms with Crippen molar-refractivity contribution in [1.29, 1.82) is 0 Å². The number of benzene rings is 1. The number of rotatable bonds is 0. The van der Waals surface area contributed by atoms with Crippen LogP contribution in [0.2, 0.25) is 0 Å². The second-order valence-corrected chi connectivity index (χ2v) is 6.71. The molecular formula is C15H17BrN2O2. The fourth-order valence-corrected chi connectivity index (χ4v) is 3.84. The smallest absolute Gasteiger partial charge is 0.408 e. The van der Waals surface area contributed by atoms with Crippen LogP contribution in [0.1, 0.15) is 25.1 Å². The van der Waals surface area contributed by atoms with E-state index in [2.05, 4.69) is 32.6 Å². The van der Waals surface area contributed by atoms with Gasteiger partial charge in [0.2, 0.25) is 0 Å². The third-order valence-corrected chi connectivity index (χ3v) is 4.83. The Balaban J connectivity index is 2.32. The van der Waals surface area contributed by atoms with Gasteiger partial charge in [0.1, 0.15) is 0 Å². The molecule has 0 aliphatic carbocycles. The van der Waals surface area contributed by atoms with Crippen LogP contribution in [0.25, 0.3) is 10.9 Å². The second-order valence-electron chi connectivity index (χ2n) is 5.79. The van der Waals surface area contributed by atoms with Crippen LogP contribution >= 0.6 is 15.9 Å². The van der Waals surface area contributed by atoms with Crippen LogP contribution in [-0.2, 0) is 19.0 Å². The molecule has 1 N–H and O–H groups in total. The van der Waals surface area contributed by atoms with Crippen LogP contribution in [0, 0.1) is 0 Å². The summed E-state index contributed by atoms with van der Waals surface area (Å²) in [5, 5.41) is 10.6.